The maximum Gasteiger partial charge on any atom is 0.290 e. The zero-order chi connectivity index (χ0) is 18.4. The van der Waals surface area contributed by atoms with Crippen LogP contribution in [0.5, 0.6) is 11.5 Å². The lowest BCUT2D eigenvalue weighted by Gasteiger charge is -2.18. The van der Waals surface area contributed by atoms with E-state index in [1.54, 1.807) is 32.2 Å². The van der Waals surface area contributed by atoms with Crippen molar-refractivity contribution >= 4 is 17.7 Å². The van der Waals surface area contributed by atoms with E-state index < -0.39 is 17.7 Å². The fourth-order valence-corrected chi connectivity index (χ4v) is 2.85. The second kappa shape index (κ2) is 8.66. The number of aromatic nitrogens is 1. The van der Waals surface area contributed by atoms with Gasteiger partial charge in [0, 0.05) is 17.8 Å². The molecule has 1 unspecified atom stereocenters. The van der Waals surface area contributed by atoms with E-state index >= 15 is 0 Å². The molecule has 0 radical (unpaired) electrons. The highest BCUT2D eigenvalue weighted by molar-refractivity contribution is 7.99. The number of carbonyl (C=O) groups excluding carboxylic acids is 1. The highest BCUT2D eigenvalue weighted by Gasteiger charge is 2.20. The first kappa shape index (κ1) is 19.0. The summed E-state index contributed by atoms with van der Waals surface area (Å²) >= 11 is 0.242. The number of amides is 1. The lowest BCUT2D eigenvalue weighted by Crippen LogP contribution is -2.27. The Morgan fingerprint density at radius 1 is 1.24 bits per heavy atom. The third-order valence-corrected chi connectivity index (χ3v) is 4.20. The molecule has 2 aromatic rings. The summed E-state index contributed by atoms with van der Waals surface area (Å²) in [5.74, 6) is -1.95. The summed E-state index contributed by atoms with van der Waals surface area (Å²) in [5, 5.41) is 2.77. The number of nitrogens with one attached hydrogen (secondary N) is 1. The molecule has 1 amide bonds. The van der Waals surface area contributed by atoms with Gasteiger partial charge in [-0.25, -0.2) is 4.98 Å². The molecular formula is C17H18F2N2O3S. The molecule has 1 aromatic heterocycles. The van der Waals surface area contributed by atoms with E-state index in [2.05, 4.69) is 10.3 Å². The Hall–Kier alpha value is -2.35. The molecule has 1 atom stereocenters. The number of thioether (sulfide) groups is 1. The summed E-state index contributed by atoms with van der Waals surface area (Å²) in [6.07, 6.45) is 1.37. The quantitative estimate of drug-likeness (QED) is 0.751. The smallest absolute Gasteiger partial charge is 0.290 e. The Morgan fingerprint density at radius 3 is 2.64 bits per heavy atom. The Labute approximate surface area is 148 Å². The number of methoxy groups -OCH3 is 2. The van der Waals surface area contributed by atoms with Crippen LogP contribution in [0.4, 0.5) is 8.78 Å². The van der Waals surface area contributed by atoms with E-state index in [4.69, 9.17) is 9.47 Å². The first-order valence-electron chi connectivity index (χ1n) is 7.39. The number of ether oxygens (including phenoxy) is 2. The first-order valence-corrected chi connectivity index (χ1v) is 8.26. The molecule has 5 nitrogen and oxygen atoms in total. The van der Waals surface area contributed by atoms with Crippen LogP contribution >= 0.6 is 11.8 Å². The standard InChI is InChI=1S/C17H18F2N2O3S/c1-10(12-7-6-11(23-2)9-14(12)24-3)21-15(22)13-5-4-8-20-16(13)25-17(18)19/h4-10,17H,1-3H3,(H,21,22). The lowest BCUT2D eigenvalue weighted by atomic mass is 10.1. The van der Waals surface area contributed by atoms with Crippen LogP contribution in [0, 0.1) is 0 Å². The third kappa shape index (κ3) is 4.82. The molecule has 25 heavy (non-hydrogen) atoms. The molecule has 1 N–H and O–H groups in total. The third-order valence-electron chi connectivity index (χ3n) is 3.47. The molecule has 0 aliphatic carbocycles. The normalized spacial score (nSPS) is 11.9. The molecular weight excluding hydrogens is 350 g/mol. The van der Waals surface area contributed by atoms with E-state index in [-0.39, 0.29) is 22.4 Å². The average molecular weight is 368 g/mol. The van der Waals surface area contributed by atoms with Crippen LogP contribution in [0.1, 0.15) is 28.9 Å². The molecule has 0 bridgehead atoms. The number of hydrogen-bond donors (Lipinski definition) is 1. The molecule has 0 spiro atoms. The molecule has 0 aliphatic heterocycles. The van der Waals surface area contributed by atoms with Crippen molar-refractivity contribution in [2.75, 3.05) is 14.2 Å². The van der Waals surface area contributed by atoms with Crippen molar-refractivity contribution in [3.8, 4) is 11.5 Å². The van der Waals surface area contributed by atoms with Crippen molar-refractivity contribution in [2.24, 2.45) is 0 Å². The summed E-state index contributed by atoms with van der Waals surface area (Å²) in [5.41, 5.74) is 0.843. The van der Waals surface area contributed by atoms with Crippen molar-refractivity contribution in [3.63, 3.8) is 0 Å². The maximum absolute atomic E-state index is 12.6. The second-order valence-corrected chi connectivity index (χ2v) is 6.02. The van der Waals surface area contributed by atoms with Gasteiger partial charge >= 0.3 is 0 Å². The summed E-state index contributed by atoms with van der Waals surface area (Å²) < 4.78 is 35.7. The van der Waals surface area contributed by atoms with Crippen LogP contribution in [-0.4, -0.2) is 30.9 Å². The number of alkyl halides is 2. The molecule has 0 saturated heterocycles. The molecule has 0 aliphatic rings. The zero-order valence-corrected chi connectivity index (χ0v) is 14.8. The Balaban J connectivity index is 2.21. The van der Waals surface area contributed by atoms with Gasteiger partial charge in [0.25, 0.3) is 11.7 Å². The first-order chi connectivity index (χ1) is 12.0. The minimum absolute atomic E-state index is 0.0103. The van der Waals surface area contributed by atoms with Crippen molar-refractivity contribution in [3.05, 3.63) is 47.7 Å². The van der Waals surface area contributed by atoms with Gasteiger partial charge in [0.05, 0.1) is 25.8 Å². The van der Waals surface area contributed by atoms with Gasteiger partial charge in [-0.2, -0.15) is 8.78 Å². The SMILES string of the molecule is COc1ccc(C(C)NC(=O)c2cccnc2SC(F)F)c(OC)c1. The number of nitrogens with zero attached hydrogens (tertiary/aromatic N) is 1. The second-order valence-electron chi connectivity index (χ2n) is 5.04. The highest BCUT2D eigenvalue weighted by atomic mass is 32.2. The van der Waals surface area contributed by atoms with Crippen LogP contribution < -0.4 is 14.8 Å². The van der Waals surface area contributed by atoms with E-state index in [1.807, 2.05) is 0 Å². The maximum atomic E-state index is 12.6. The van der Waals surface area contributed by atoms with E-state index in [1.165, 1.54) is 25.4 Å². The summed E-state index contributed by atoms with van der Waals surface area (Å²) in [6.45, 7) is 1.78. The predicted octanol–water partition coefficient (Wildman–Crippen LogP) is 3.90. The van der Waals surface area contributed by atoms with Gasteiger partial charge in [0.15, 0.2) is 0 Å². The molecule has 0 fully saturated rings. The Morgan fingerprint density at radius 2 is 2.00 bits per heavy atom. The van der Waals surface area contributed by atoms with Crippen LogP contribution in [0.2, 0.25) is 0 Å². The minimum Gasteiger partial charge on any atom is -0.497 e. The minimum atomic E-state index is -2.65. The highest BCUT2D eigenvalue weighted by Crippen LogP contribution is 2.30. The van der Waals surface area contributed by atoms with Gasteiger partial charge in [-0.3, -0.25) is 4.79 Å². The molecule has 1 heterocycles. The number of carbonyl (C=O) groups is 1. The molecule has 0 saturated carbocycles. The lowest BCUT2D eigenvalue weighted by molar-refractivity contribution is 0.0936. The van der Waals surface area contributed by atoms with Crippen LogP contribution in [0.15, 0.2) is 41.6 Å². The number of halogens is 2. The fourth-order valence-electron chi connectivity index (χ4n) is 2.27. The van der Waals surface area contributed by atoms with Gasteiger partial charge in [-0.05, 0) is 43.0 Å². The number of rotatable bonds is 7. The predicted molar refractivity (Wildman–Crippen MR) is 91.5 cm³/mol. The molecule has 1 aromatic carbocycles. The van der Waals surface area contributed by atoms with E-state index in [9.17, 15) is 13.6 Å². The van der Waals surface area contributed by atoms with E-state index in [0.29, 0.717) is 11.5 Å². The van der Waals surface area contributed by atoms with Crippen molar-refractivity contribution in [1.82, 2.24) is 10.3 Å². The van der Waals surface area contributed by atoms with Gasteiger partial charge in [-0.15, -0.1) is 0 Å². The molecule has 134 valence electrons. The number of pyridine rings is 1. The molecule has 2 rings (SSSR count). The van der Waals surface area contributed by atoms with Crippen molar-refractivity contribution in [1.29, 1.82) is 0 Å². The topological polar surface area (TPSA) is 60.5 Å². The van der Waals surface area contributed by atoms with Crippen molar-refractivity contribution in [2.45, 2.75) is 23.7 Å². The monoisotopic (exact) mass is 368 g/mol. The van der Waals surface area contributed by atoms with Crippen molar-refractivity contribution < 1.29 is 23.0 Å². The van der Waals surface area contributed by atoms with Gasteiger partial charge < -0.3 is 14.8 Å². The van der Waals surface area contributed by atoms with Gasteiger partial charge in [0.2, 0.25) is 0 Å². The molecule has 8 heteroatoms. The van der Waals surface area contributed by atoms with Crippen LogP contribution in [-0.2, 0) is 0 Å². The number of benzene rings is 1. The Bertz CT molecular complexity index is 744. The summed E-state index contributed by atoms with van der Waals surface area (Å²) in [7, 11) is 3.07. The summed E-state index contributed by atoms with van der Waals surface area (Å²) in [6, 6.07) is 7.83. The van der Waals surface area contributed by atoms with Crippen LogP contribution in [0.25, 0.3) is 0 Å². The number of hydrogen-bond acceptors (Lipinski definition) is 5. The average Bonchev–Trinajstić information content (AvgIpc) is 2.60. The van der Waals surface area contributed by atoms with Crippen LogP contribution in [0.3, 0.4) is 0 Å². The van der Waals surface area contributed by atoms with Gasteiger partial charge in [0.1, 0.15) is 16.5 Å². The van der Waals surface area contributed by atoms with E-state index in [0.717, 1.165) is 5.56 Å². The largest absolute Gasteiger partial charge is 0.497 e. The zero-order valence-electron chi connectivity index (χ0n) is 14.0. The fraction of sp³-hybridized carbons (Fsp3) is 0.294. The van der Waals surface area contributed by atoms with Gasteiger partial charge in [-0.1, -0.05) is 0 Å². The Kier molecular flexibility index (Phi) is 6.58. The summed E-state index contributed by atoms with van der Waals surface area (Å²) in [4.78, 5) is 16.3.